The fourth-order valence-corrected chi connectivity index (χ4v) is 4.45. The Kier molecular flexibility index (Phi) is 8.74. The van der Waals surface area contributed by atoms with Crippen LogP contribution in [0.25, 0.3) is 0 Å². The first-order valence-electron chi connectivity index (χ1n) is 12.1. The zero-order valence-corrected chi connectivity index (χ0v) is 20.9. The molecule has 0 aromatic heterocycles. The molecule has 1 aliphatic heterocycles. The minimum atomic E-state index is 0.305. The van der Waals surface area contributed by atoms with Crippen molar-refractivity contribution < 1.29 is 23.7 Å². The molecule has 0 spiro atoms. The number of hydrogen-bond acceptors (Lipinski definition) is 6. The molecule has 6 heteroatoms. The van der Waals surface area contributed by atoms with Crippen molar-refractivity contribution in [2.45, 2.75) is 25.7 Å². The van der Waals surface area contributed by atoms with E-state index in [-0.39, 0.29) is 0 Å². The van der Waals surface area contributed by atoms with E-state index in [1.807, 2.05) is 24.3 Å². The minimum Gasteiger partial charge on any atom is -0.496 e. The summed E-state index contributed by atoms with van der Waals surface area (Å²) in [6.45, 7) is 3.25. The van der Waals surface area contributed by atoms with Gasteiger partial charge >= 0.3 is 0 Å². The number of benzene rings is 3. The van der Waals surface area contributed by atoms with Crippen molar-refractivity contribution in [2.75, 3.05) is 47.8 Å². The predicted octanol–water partition coefficient (Wildman–Crippen LogP) is 5.16. The quantitative estimate of drug-likeness (QED) is 0.339. The predicted molar refractivity (Wildman–Crippen MR) is 137 cm³/mol. The molecule has 0 saturated heterocycles. The summed E-state index contributed by atoms with van der Waals surface area (Å²) in [5.41, 5.74) is 3.75. The molecular weight excluding hydrogens is 442 g/mol. The average Bonchev–Trinajstić information content (AvgIpc) is 3.38. The Morgan fingerprint density at radius 3 is 2.11 bits per heavy atom. The van der Waals surface area contributed by atoms with Crippen molar-refractivity contribution in [1.82, 2.24) is 4.90 Å². The molecule has 6 nitrogen and oxygen atoms in total. The summed E-state index contributed by atoms with van der Waals surface area (Å²) in [6.07, 6.45) is 3.95. The van der Waals surface area contributed by atoms with Crippen molar-refractivity contribution >= 4 is 0 Å². The zero-order chi connectivity index (χ0) is 24.5. The second-order valence-electron chi connectivity index (χ2n) is 8.63. The van der Waals surface area contributed by atoms with Crippen molar-refractivity contribution in [2.24, 2.45) is 0 Å². The van der Waals surface area contributed by atoms with Crippen LogP contribution in [0.2, 0.25) is 0 Å². The van der Waals surface area contributed by atoms with Crippen LogP contribution in [0.1, 0.15) is 23.1 Å². The maximum absolute atomic E-state index is 5.56. The molecule has 3 aromatic rings. The van der Waals surface area contributed by atoms with Gasteiger partial charge in [-0.15, -0.1) is 0 Å². The van der Waals surface area contributed by atoms with E-state index >= 15 is 0 Å². The second kappa shape index (κ2) is 12.4. The van der Waals surface area contributed by atoms with E-state index in [9.17, 15) is 0 Å². The highest BCUT2D eigenvalue weighted by molar-refractivity contribution is 5.45. The number of para-hydroxylation sites is 1. The standard InChI is InChI=1S/C29H35NO5/c1-31-25-9-5-4-7-24(25)8-6-16-30(17-14-22-10-12-26(32-2)28(19-22)33-3)18-15-23-11-13-27-29(20-23)35-21-34-27/h4-5,7,9-13,19-20H,6,8,14-18,21H2,1-3H3. The van der Waals surface area contributed by atoms with Gasteiger partial charge in [0.1, 0.15) is 5.75 Å². The van der Waals surface area contributed by atoms with Gasteiger partial charge in [-0.2, -0.15) is 0 Å². The van der Waals surface area contributed by atoms with E-state index < -0.39 is 0 Å². The Morgan fingerprint density at radius 1 is 0.657 bits per heavy atom. The Hall–Kier alpha value is -3.38. The van der Waals surface area contributed by atoms with Gasteiger partial charge in [0.05, 0.1) is 21.3 Å². The molecule has 0 fully saturated rings. The first kappa shape index (κ1) is 24.7. The molecular formula is C29H35NO5. The molecule has 1 heterocycles. The smallest absolute Gasteiger partial charge is 0.231 e. The number of nitrogens with zero attached hydrogens (tertiary/aromatic N) is 1. The van der Waals surface area contributed by atoms with Gasteiger partial charge in [-0.1, -0.05) is 30.3 Å². The SMILES string of the molecule is COc1ccccc1CCCN(CCc1ccc(OC)c(OC)c1)CCc1ccc2c(c1)OCO2. The fourth-order valence-electron chi connectivity index (χ4n) is 4.45. The lowest BCUT2D eigenvalue weighted by Gasteiger charge is -2.23. The highest BCUT2D eigenvalue weighted by atomic mass is 16.7. The second-order valence-corrected chi connectivity index (χ2v) is 8.63. The summed E-state index contributed by atoms with van der Waals surface area (Å²) in [5, 5.41) is 0. The van der Waals surface area contributed by atoms with Crippen molar-refractivity contribution in [3.8, 4) is 28.7 Å². The molecule has 4 rings (SSSR count). The third-order valence-electron chi connectivity index (χ3n) is 6.43. The van der Waals surface area contributed by atoms with E-state index in [2.05, 4.69) is 41.3 Å². The highest BCUT2D eigenvalue weighted by Gasteiger charge is 2.14. The zero-order valence-electron chi connectivity index (χ0n) is 20.9. The molecule has 186 valence electrons. The third-order valence-corrected chi connectivity index (χ3v) is 6.43. The third kappa shape index (κ3) is 6.61. The number of fused-ring (bicyclic) bond motifs is 1. The van der Waals surface area contributed by atoms with Gasteiger partial charge in [0, 0.05) is 13.1 Å². The Balaban J connectivity index is 1.39. The number of rotatable bonds is 13. The van der Waals surface area contributed by atoms with Crippen molar-refractivity contribution in [3.05, 3.63) is 77.4 Å². The van der Waals surface area contributed by atoms with Gasteiger partial charge in [0.15, 0.2) is 23.0 Å². The van der Waals surface area contributed by atoms with Crippen LogP contribution in [0.5, 0.6) is 28.7 Å². The van der Waals surface area contributed by atoms with Crippen LogP contribution < -0.4 is 23.7 Å². The summed E-state index contributed by atoms with van der Waals surface area (Å²) < 4.78 is 27.4. The van der Waals surface area contributed by atoms with Crippen LogP contribution in [0.15, 0.2) is 60.7 Å². The van der Waals surface area contributed by atoms with E-state index in [4.69, 9.17) is 23.7 Å². The number of methoxy groups -OCH3 is 3. The highest BCUT2D eigenvalue weighted by Crippen LogP contribution is 2.32. The maximum Gasteiger partial charge on any atom is 0.231 e. The largest absolute Gasteiger partial charge is 0.496 e. The van der Waals surface area contributed by atoms with E-state index in [0.717, 1.165) is 74.1 Å². The van der Waals surface area contributed by atoms with Crippen molar-refractivity contribution in [3.63, 3.8) is 0 Å². The van der Waals surface area contributed by atoms with E-state index in [1.165, 1.54) is 16.7 Å². The number of ether oxygens (including phenoxy) is 5. The van der Waals surface area contributed by atoms with Gasteiger partial charge in [-0.25, -0.2) is 0 Å². The average molecular weight is 478 g/mol. The molecule has 1 aliphatic rings. The lowest BCUT2D eigenvalue weighted by atomic mass is 10.1. The molecule has 0 unspecified atom stereocenters. The molecule has 0 atom stereocenters. The lowest BCUT2D eigenvalue weighted by Crippen LogP contribution is -2.30. The molecule has 0 N–H and O–H groups in total. The number of aryl methyl sites for hydroxylation is 1. The Labute approximate surface area is 208 Å². The van der Waals surface area contributed by atoms with Crippen molar-refractivity contribution in [1.29, 1.82) is 0 Å². The van der Waals surface area contributed by atoms with Crippen LogP contribution in [0.3, 0.4) is 0 Å². The van der Waals surface area contributed by atoms with Gasteiger partial charge in [0.25, 0.3) is 0 Å². The molecule has 0 bridgehead atoms. The first-order chi connectivity index (χ1) is 17.2. The van der Waals surface area contributed by atoms with Gasteiger partial charge < -0.3 is 28.6 Å². The summed E-state index contributed by atoms with van der Waals surface area (Å²) in [4.78, 5) is 2.54. The summed E-state index contributed by atoms with van der Waals surface area (Å²) in [6, 6.07) is 20.7. The monoisotopic (exact) mass is 477 g/mol. The molecule has 0 radical (unpaired) electrons. The maximum atomic E-state index is 5.56. The van der Waals surface area contributed by atoms with Gasteiger partial charge in [-0.05, 0) is 79.3 Å². The summed E-state index contributed by atoms with van der Waals surface area (Å²) >= 11 is 0. The molecule has 0 amide bonds. The molecule has 35 heavy (non-hydrogen) atoms. The van der Waals surface area contributed by atoms with Crippen LogP contribution in [-0.4, -0.2) is 52.7 Å². The van der Waals surface area contributed by atoms with Crippen LogP contribution in [-0.2, 0) is 19.3 Å². The molecule has 0 aliphatic carbocycles. The molecule has 3 aromatic carbocycles. The molecule has 0 saturated carbocycles. The van der Waals surface area contributed by atoms with Gasteiger partial charge in [0.2, 0.25) is 6.79 Å². The van der Waals surface area contributed by atoms with Crippen LogP contribution in [0.4, 0.5) is 0 Å². The van der Waals surface area contributed by atoms with Gasteiger partial charge in [-0.3, -0.25) is 0 Å². The van der Waals surface area contributed by atoms with Crippen LogP contribution >= 0.6 is 0 Å². The topological polar surface area (TPSA) is 49.4 Å². The van der Waals surface area contributed by atoms with E-state index in [0.29, 0.717) is 6.79 Å². The van der Waals surface area contributed by atoms with E-state index in [1.54, 1.807) is 21.3 Å². The summed E-state index contributed by atoms with van der Waals surface area (Å²) in [5.74, 6) is 4.16. The minimum absolute atomic E-state index is 0.305. The fraction of sp³-hybridized carbons (Fsp3) is 0.379. The first-order valence-corrected chi connectivity index (χ1v) is 12.1. The Morgan fingerprint density at radius 2 is 1.34 bits per heavy atom. The normalized spacial score (nSPS) is 12.1. The summed E-state index contributed by atoms with van der Waals surface area (Å²) in [7, 11) is 5.08. The number of hydrogen-bond donors (Lipinski definition) is 0. The Bertz CT molecular complexity index is 1100. The van der Waals surface area contributed by atoms with Crippen LogP contribution in [0, 0.1) is 0 Å². The lowest BCUT2D eigenvalue weighted by molar-refractivity contribution is 0.174.